The zero-order valence-electron chi connectivity index (χ0n) is 19.3. The lowest BCUT2D eigenvalue weighted by Crippen LogP contribution is -2.45. The number of likely N-dealkylation sites (tertiary alicyclic amines) is 1. The number of rotatable bonds is 7. The van der Waals surface area contributed by atoms with Crippen molar-refractivity contribution in [2.45, 2.75) is 56.5 Å². The van der Waals surface area contributed by atoms with Gasteiger partial charge in [-0.15, -0.1) is 32.9 Å². The van der Waals surface area contributed by atoms with Crippen LogP contribution in [0.2, 0.25) is 0 Å². The largest absolute Gasteiger partial charge is 0.365 e. The molecule has 3 atom stereocenters. The fraction of sp³-hybridized carbons (Fsp3) is 0.478. The Bertz CT molecular complexity index is 1280. The number of nitriles is 1. The van der Waals surface area contributed by atoms with Crippen LogP contribution >= 0.6 is 22.7 Å². The minimum absolute atomic E-state index is 0.0705. The van der Waals surface area contributed by atoms with E-state index < -0.39 is 11.3 Å². The van der Waals surface area contributed by atoms with E-state index >= 15 is 0 Å². The van der Waals surface area contributed by atoms with E-state index in [1.54, 1.807) is 16.2 Å². The SMILES string of the molecule is C[C@@H](CC1(c2nn[nH]n2)c2ccsc2CCc2sc(C(N)=O)cc21)NCC(=O)N1CCCC1C#N. The third kappa shape index (κ3) is 4.13. The molecule has 4 N–H and O–H groups in total. The van der Waals surface area contributed by atoms with E-state index in [2.05, 4.69) is 43.5 Å². The van der Waals surface area contributed by atoms with Crippen LogP contribution in [-0.2, 0) is 23.1 Å². The Balaban J connectivity index is 1.50. The predicted octanol–water partition coefficient (Wildman–Crippen LogP) is 1.74. The van der Waals surface area contributed by atoms with E-state index in [9.17, 15) is 14.9 Å². The summed E-state index contributed by atoms with van der Waals surface area (Å²) in [6.07, 6.45) is 3.77. The molecule has 2 unspecified atom stereocenters. The van der Waals surface area contributed by atoms with Crippen molar-refractivity contribution >= 4 is 34.5 Å². The molecule has 10 nitrogen and oxygen atoms in total. The summed E-state index contributed by atoms with van der Waals surface area (Å²) >= 11 is 3.13. The van der Waals surface area contributed by atoms with Crippen molar-refractivity contribution in [3.05, 3.63) is 49.1 Å². The molecule has 0 bridgehead atoms. The lowest BCUT2D eigenvalue weighted by atomic mass is 9.70. The standard InChI is InChI=1S/C23H26N8O2S2/c1-13(26-12-20(32)31-7-2-3-14(31)11-24)10-23(22-27-29-30-28-22)15-6-8-34-17(15)4-5-18-16(23)9-19(35-18)21(25)33/h6,8-9,13-14,26H,2-5,7,10,12H2,1H3,(H2,25,33)(H,27,28,29,30)/t13-,14?,23?/m0/s1. The molecule has 0 aromatic carbocycles. The molecule has 0 radical (unpaired) electrons. The Hall–Kier alpha value is -3.14. The molecule has 0 saturated carbocycles. The van der Waals surface area contributed by atoms with Crippen LogP contribution in [0.4, 0.5) is 0 Å². The van der Waals surface area contributed by atoms with Gasteiger partial charge in [-0.3, -0.25) is 9.59 Å². The molecule has 4 heterocycles. The number of nitrogens with two attached hydrogens (primary N) is 1. The maximum absolute atomic E-state index is 12.8. The summed E-state index contributed by atoms with van der Waals surface area (Å²) in [6, 6.07) is 5.75. The van der Waals surface area contributed by atoms with Crippen LogP contribution in [0.5, 0.6) is 0 Å². The maximum atomic E-state index is 12.8. The fourth-order valence-electron chi connectivity index (χ4n) is 5.37. The van der Waals surface area contributed by atoms with E-state index in [0.717, 1.165) is 41.7 Å². The number of tetrazole rings is 1. The molecule has 0 spiro atoms. The number of carbonyl (C=O) groups is 2. The lowest BCUT2D eigenvalue weighted by Gasteiger charge is -2.34. The summed E-state index contributed by atoms with van der Waals surface area (Å²) in [7, 11) is 0. The van der Waals surface area contributed by atoms with E-state index in [1.807, 2.05) is 13.0 Å². The van der Waals surface area contributed by atoms with Crippen LogP contribution in [0, 0.1) is 11.3 Å². The van der Waals surface area contributed by atoms with Gasteiger partial charge in [-0.2, -0.15) is 10.5 Å². The van der Waals surface area contributed by atoms with Crippen molar-refractivity contribution in [3.8, 4) is 6.07 Å². The Morgan fingerprint density at radius 2 is 2.23 bits per heavy atom. The number of primary amides is 1. The monoisotopic (exact) mass is 510 g/mol. The van der Waals surface area contributed by atoms with Gasteiger partial charge in [0.1, 0.15) is 6.04 Å². The highest BCUT2D eigenvalue weighted by Crippen LogP contribution is 2.49. The number of aromatic nitrogens is 4. The number of nitrogens with one attached hydrogen (secondary N) is 2. The average molecular weight is 511 g/mol. The van der Waals surface area contributed by atoms with Crippen LogP contribution in [0.25, 0.3) is 0 Å². The van der Waals surface area contributed by atoms with E-state index in [0.29, 0.717) is 23.7 Å². The second-order valence-corrected chi connectivity index (χ2v) is 11.2. The van der Waals surface area contributed by atoms with E-state index in [4.69, 9.17) is 5.73 Å². The normalized spacial score (nSPS) is 22.2. The second-order valence-electron chi connectivity index (χ2n) is 9.07. The summed E-state index contributed by atoms with van der Waals surface area (Å²) in [5, 5.41) is 30.1. The number of hydrogen-bond donors (Lipinski definition) is 3. The van der Waals surface area contributed by atoms with E-state index in [-0.39, 0.29) is 24.5 Å². The van der Waals surface area contributed by atoms with Crippen molar-refractivity contribution in [1.82, 2.24) is 30.8 Å². The highest BCUT2D eigenvalue weighted by molar-refractivity contribution is 7.14. The van der Waals surface area contributed by atoms with Crippen LogP contribution in [0.1, 0.15) is 62.6 Å². The van der Waals surface area contributed by atoms with Crippen molar-refractivity contribution in [2.24, 2.45) is 5.73 Å². The molecule has 3 aromatic rings. The quantitative estimate of drug-likeness (QED) is 0.437. The van der Waals surface area contributed by atoms with Gasteiger partial charge in [0, 0.05) is 22.3 Å². The molecule has 1 saturated heterocycles. The first-order valence-corrected chi connectivity index (χ1v) is 13.3. The van der Waals surface area contributed by atoms with Crippen LogP contribution < -0.4 is 11.1 Å². The number of hydrogen-bond acceptors (Lipinski definition) is 9. The molecule has 35 heavy (non-hydrogen) atoms. The number of amides is 2. The molecular weight excluding hydrogens is 484 g/mol. The second kappa shape index (κ2) is 9.49. The average Bonchev–Trinajstić information content (AvgIpc) is 3.65. The van der Waals surface area contributed by atoms with Gasteiger partial charge in [0.2, 0.25) is 5.91 Å². The van der Waals surface area contributed by atoms with Crippen LogP contribution in [0.15, 0.2) is 17.5 Å². The lowest BCUT2D eigenvalue weighted by molar-refractivity contribution is -0.130. The smallest absolute Gasteiger partial charge is 0.258 e. The Morgan fingerprint density at radius 3 is 2.97 bits per heavy atom. The Morgan fingerprint density at radius 1 is 1.40 bits per heavy atom. The number of H-pyrrole nitrogens is 1. The number of aryl methyl sites for hydroxylation is 2. The number of thiophene rings is 2. The molecule has 1 aliphatic heterocycles. The van der Waals surface area contributed by atoms with Gasteiger partial charge >= 0.3 is 0 Å². The molecule has 2 amide bonds. The Kier molecular flexibility index (Phi) is 6.39. The van der Waals surface area contributed by atoms with Crippen molar-refractivity contribution < 1.29 is 9.59 Å². The summed E-state index contributed by atoms with van der Waals surface area (Å²) in [6.45, 7) is 2.78. The summed E-state index contributed by atoms with van der Waals surface area (Å²) in [5.41, 5.74) is 6.97. The zero-order valence-corrected chi connectivity index (χ0v) is 20.9. The zero-order chi connectivity index (χ0) is 24.6. The molecule has 3 aromatic heterocycles. The molecule has 2 aliphatic rings. The van der Waals surface area contributed by atoms with Crippen LogP contribution in [0.3, 0.4) is 0 Å². The first-order chi connectivity index (χ1) is 16.9. The molecule has 12 heteroatoms. The highest BCUT2D eigenvalue weighted by atomic mass is 32.1. The van der Waals surface area contributed by atoms with Crippen molar-refractivity contribution in [2.75, 3.05) is 13.1 Å². The highest BCUT2D eigenvalue weighted by Gasteiger charge is 2.47. The van der Waals surface area contributed by atoms with Gasteiger partial charge in [0.05, 0.1) is 22.9 Å². The summed E-state index contributed by atoms with van der Waals surface area (Å²) in [5.74, 6) is 0.00193. The summed E-state index contributed by atoms with van der Waals surface area (Å²) < 4.78 is 0. The van der Waals surface area contributed by atoms with Crippen molar-refractivity contribution in [3.63, 3.8) is 0 Å². The number of fused-ring (bicyclic) bond motifs is 2. The fourth-order valence-corrected chi connectivity index (χ4v) is 7.42. The number of nitrogens with zero attached hydrogens (tertiary/aromatic N) is 5. The van der Waals surface area contributed by atoms with Crippen molar-refractivity contribution in [1.29, 1.82) is 5.26 Å². The molecule has 1 fully saturated rings. The molecule has 182 valence electrons. The van der Waals surface area contributed by atoms with Gasteiger partial charge in [0.25, 0.3) is 5.91 Å². The third-order valence-electron chi connectivity index (χ3n) is 6.96. The maximum Gasteiger partial charge on any atom is 0.258 e. The van der Waals surface area contributed by atoms with Gasteiger partial charge in [-0.05, 0) is 67.7 Å². The van der Waals surface area contributed by atoms with Gasteiger partial charge < -0.3 is 16.0 Å². The predicted molar refractivity (Wildman–Crippen MR) is 131 cm³/mol. The number of aromatic amines is 1. The van der Waals surface area contributed by atoms with Crippen LogP contribution in [-0.4, -0.2) is 62.5 Å². The van der Waals surface area contributed by atoms with Gasteiger partial charge in [-0.1, -0.05) is 5.21 Å². The Labute approximate surface area is 210 Å². The minimum Gasteiger partial charge on any atom is -0.365 e. The van der Waals surface area contributed by atoms with Gasteiger partial charge in [-0.25, -0.2) is 0 Å². The van der Waals surface area contributed by atoms with E-state index in [1.165, 1.54) is 16.2 Å². The first kappa shape index (κ1) is 23.6. The van der Waals surface area contributed by atoms with Gasteiger partial charge in [0.15, 0.2) is 5.82 Å². The number of carbonyl (C=O) groups excluding carboxylic acids is 2. The molecular formula is C23H26N8O2S2. The first-order valence-electron chi connectivity index (χ1n) is 11.6. The topological polar surface area (TPSA) is 154 Å². The third-order valence-corrected chi connectivity index (χ3v) is 9.15. The molecule has 5 rings (SSSR count). The molecule has 1 aliphatic carbocycles. The summed E-state index contributed by atoms with van der Waals surface area (Å²) in [4.78, 5) is 29.4. The minimum atomic E-state index is -0.753.